The lowest BCUT2D eigenvalue weighted by molar-refractivity contribution is 0.100. The summed E-state index contributed by atoms with van der Waals surface area (Å²) in [5, 5.41) is 2.69. The Morgan fingerprint density at radius 1 is 0.970 bits per heavy atom. The van der Waals surface area contributed by atoms with E-state index in [1.54, 1.807) is 42.5 Å². The first-order chi connectivity index (χ1) is 15.8. The third-order valence-corrected chi connectivity index (χ3v) is 6.58. The first kappa shape index (κ1) is 21.8. The maximum Gasteiger partial charge on any atom is 0.249 e. The number of primary amides is 1. The number of nitrogens with two attached hydrogens (primary N) is 1. The number of fused-ring (bicyclic) bond motifs is 3. The lowest BCUT2D eigenvalue weighted by Gasteiger charge is -2.12. The predicted octanol–water partition coefficient (Wildman–Crippen LogP) is 7.51. The molecule has 1 radical (unpaired) electrons. The van der Waals surface area contributed by atoms with Crippen molar-refractivity contribution in [3.8, 4) is 11.1 Å². The number of hydrogen-bond acceptors (Lipinski definition) is 1. The Bertz CT molecular complexity index is 1560. The maximum absolute atomic E-state index is 14.7. The van der Waals surface area contributed by atoms with Gasteiger partial charge in [-0.25, -0.2) is 4.39 Å². The van der Waals surface area contributed by atoms with Gasteiger partial charge in [0.2, 0.25) is 5.91 Å². The number of carbonyl (C=O) groups is 1. The quantitative estimate of drug-likeness (QED) is 0.275. The van der Waals surface area contributed by atoms with Gasteiger partial charge in [-0.2, -0.15) is 0 Å². The Labute approximate surface area is 204 Å². The van der Waals surface area contributed by atoms with Crippen molar-refractivity contribution >= 4 is 62.5 Å². The lowest BCUT2D eigenvalue weighted by atomic mass is 10.0. The van der Waals surface area contributed by atoms with Crippen molar-refractivity contribution in [1.29, 1.82) is 0 Å². The summed E-state index contributed by atoms with van der Waals surface area (Å²) in [5.74, 6) is -0.966. The number of nitrogens with zero attached hydrogens (tertiary/aromatic N) is 1. The van der Waals surface area contributed by atoms with Crippen LogP contribution in [-0.2, 0) is 6.54 Å². The van der Waals surface area contributed by atoms with Gasteiger partial charge in [0.15, 0.2) is 0 Å². The van der Waals surface area contributed by atoms with Crippen LogP contribution in [0.4, 0.5) is 4.39 Å². The van der Waals surface area contributed by atoms with Gasteiger partial charge in [0.25, 0.3) is 0 Å². The van der Waals surface area contributed by atoms with Gasteiger partial charge in [0.1, 0.15) is 5.82 Å². The zero-order valence-electron chi connectivity index (χ0n) is 17.0. The summed E-state index contributed by atoms with van der Waals surface area (Å²) in [7, 11) is 0. The Kier molecular flexibility index (Phi) is 5.53. The van der Waals surface area contributed by atoms with Crippen LogP contribution in [0.1, 0.15) is 15.9 Å². The van der Waals surface area contributed by atoms with Crippen LogP contribution in [0.15, 0.2) is 66.7 Å². The van der Waals surface area contributed by atoms with E-state index < -0.39 is 11.7 Å². The topological polar surface area (TPSA) is 48.0 Å². The third kappa shape index (κ3) is 3.74. The van der Waals surface area contributed by atoms with E-state index in [1.807, 2.05) is 22.8 Å². The Morgan fingerprint density at radius 2 is 1.76 bits per heavy atom. The van der Waals surface area contributed by atoms with E-state index in [-0.39, 0.29) is 6.54 Å². The summed E-state index contributed by atoms with van der Waals surface area (Å²) in [4.78, 5) is 12.2. The maximum atomic E-state index is 14.7. The molecule has 0 bridgehead atoms. The highest BCUT2D eigenvalue weighted by atomic mass is 35.5. The molecule has 1 amide bonds. The normalized spacial score (nSPS) is 11.4. The Hall–Kier alpha value is -3.05. The molecule has 33 heavy (non-hydrogen) atoms. The van der Waals surface area contributed by atoms with Crippen molar-refractivity contribution in [3.05, 3.63) is 105 Å². The molecule has 3 nitrogen and oxygen atoms in total. The van der Waals surface area contributed by atoms with Crippen molar-refractivity contribution in [2.75, 3.05) is 0 Å². The van der Waals surface area contributed by atoms with Gasteiger partial charge in [-0.3, -0.25) is 4.79 Å². The van der Waals surface area contributed by atoms with E-state index in [9.17, 15) is 9.18 Å². The lowest BCUT2D eigenvalue weighted by Crippen LogP contribution is -2.11. The molecule has 2 N–H and O–H groups in total. The van der Waals surface area contributed by atoms with E-state index in [1.165, 1.54) is 6.07 Å². The number of hydrogen-bond donors (Lipinski definition) is 1. The molecule has 0 aliphatic heterocycles. The highest BCUT2D eigenvalue weighted by molar-refractivity contribution is 6.36. The number of benzene rings is 4. The van der Waals surface area contributed by atoms with Crippen molar-refractivity contribution in [1.82, 2.24) is 4.57 Å². The minimum atomic E-state index is -0.554. The molecule has 5 rings (SSSR count). The van der Waals surface area contributed by atoms with E-state index in [0.717, 1.165) is 22.2 Å². The van der Waals surface area contributed by atoms with Crippen LogP contribution >= 0.6 is 34.8 Å². The molecule has 0 unspecified atom stereocenters. The molecule has 7 heteroatoms. The smallest absolute Gasteiger partial charge is 0.249 e. The SMILES string of the molecule is NC(=O)c1cccc2c1c1[c]cc(-c3ccc(Cl)cc3Cl)cc1n2Cc1c(F)cccc1Cl. The highest BCUT2D eigenvalue weighted by Crippen LogP contribution is 2.37. The van der Waals surface area contributed by atoms with Crippen LogP contribution in [0.5, 0.6) is 0 Å². The van der Waals surface area contributed by atoms with Crippen LogP contribution in [-0.4, -0.2) is 10.5 Å². The van der Waals surface area contributed by atoms with Gasteiger partial charge in [-0.05, 0) is 60.2 Å². The average molecular weight is 497 g/mol. The standard InChI is InChI=1S/C26H15Cl3FN2O/c27-15-8-10-16(21(29)12-15)14-7-9-17-24(11-14)32(13-19-20(28)4-2-5-22(19)30)23-6-1-3-18(25(17)23)26(31)33/h1-8,10-12H,13H2,(H2,31,33). The van der Waals surface area contributed by atoms with Crippen LogP contribution in [0.25, 0.3) is 32.9 Å². The summed E-state index contributed by atoms with van der Waals surface area (Å²) >= 11 is 18.8. The van der Waals surface area contributed by atoms with E-state index >= 15 is 0 Å². The summed E-state index contributed by atoms with van der Waals surface area (Å²) in [6.07, 6.45) is 0. The summed E-state index contributed by atoms with van der Waals surface area (Å²) in [6.45, 7) is 0.152. The molecule has 0 spiro atoms. The van der Waals surface area contributed by atoms with Gasteiger partial charge in [-0.1, -0.05) is 53.0 Å². The van der Waals surface area contributed by atoms with Crippen LogP contribution in [0.3, 0.4) is 0 Å². The molecular weight excluding hydrogens is 482 g/mol. The van der Waals surface area contributed by atoms with Crippen LogP contribution in [0, 0.1) is 11.9 Å². The molecule has 163 valence electrons. The first-order valence-electron chi connectivity index (χ1n) is 10.00. The molecule has 0 aliphatic rings. The molecule has 1 aromatic heterocycles. The van der Waals surface area contributed by atoms with E-state index in [0.29, 0.717) is 37.0 Å². The minimum Gasteiger partial charge on any atom is -0.366 e. The third-order valence-electron chi connectivity index (χ3n) is 5.68. The zero-order valence-corrected chi connectivity index (χ0v) is 19.3. The molecule has 5 aromatic rings. The Morgan fingerprint density at radius 3 is 2.48 bits per heavy atom. The number of amides is 1. The fraction of sp³-hybridized carbons (Fsp3) is 0.0385. The second-order valence-corrected chi connectivity index (χ2v) is 8.87. The fourth-order valence-electron chi connectivity index (χ4n) is 4.15. The second kappa shape index (κ2) is 8.38. The number of aromatic nitrogens is 1. The van der Waals surface area contributed by atoms with Crippen molar-refractivity contribution < 1.29 is 9.18 Å². The predicted molar refractivity (Wildman–Crippen MR) is 133 cm³/mol. The summed E-state index contributed by atoms with van der Waals surface area (Å²) in [5.41, 5.74) is 9.40. The van der Waals surface area contributed by atoms with Gasteiger partial charge < -0.3 is 10.3 Å². The van der Waals surface area contributed by atoms with Gasteiger partial charge in [-0.15, -0.1) is 0 Å². The number of carbonyl (C=O) groups excluding carboxylic acids is 1. The molecule has 0 aliphatic carbocycles. The molecule has 1 heterocycles. The molecule has 0 fully saturated rings. The fourth-order valence-corrected chi connectivity index (χ4v) is 4.89. The van der Waals surface area contributed by atoms with Crippen LogP contribution in [0.2, 0.25) is 15.1 Å². The number of halogens is 4. The highest BCUT2D eigenvalue weighted by Gasteiger charge is 2.19. The monoisotopic (exact) mass is 495 g/mol. The number of rotatable bonds is 4. The van der Waals surface area contributed by atoms with Crippen molar-refractivity contribution in [2.24, 2.45) is 5.73 Å². The zero-order chi connectivity index (χ0) is 23.3. The van der Waals surface area contributed by atoms with Crippen molar-refractivity contribution in [2.45, 2.75) is 6.54 Å². The summed E-state index contributed by atoms with van der Waals surface area (Å²) < 4.78 is 16.6. The van der Waals surface area contributed by atoms with Crippen molar-refractivity contribution in [3.63, 3.8) is 0 Å². The molecule has 0 saturated heterocycles. The first-order valence-corrected chi connectivity index (χ1v) is 11.1. The molecule has 4 aromatic carbocycles. The largest absolute Gasteiger partial charge is 0.366 e. The van der Waals surface area contributed by atoms with E-state index in [4.69, 9.17) is 40.5 Å². The van der Waals surface area contributed by atoms with Gasteiger partial charge >= 0.3 is 0 Å². The molecule has 0 atom stereocenters. The summed E-state index contributed by atoms with van der Waals surface area (Å²) in [6, 6.07) is 22.1. The average Bonchev–Trinajstić information content (AvgIpc) is 3.09. The molecule has 0 saturated carbocycles. The van der Waals surface area contributed by atoms with Gasteiger partial charge in [0, 0.05) is 42.5 Å². The molecular formula is C26H15Cl3FN2O. The minimum absolute atomic E-state index is 0.152. The van der Waals surface area contributed by atoms with Gasteiger partial charge in [0.05, 0.1) is 17.6 Å². The second-order valence-electron chi connectivity index (χ2n) is 7.62. The Balaban J connectivity index is 1.83. The van der Waals surface area contributed by atoms with E-state index in [2.05, 4.69) is 6.07 Å². The van der Waals surface area contributed by atoms with Crippen LogP contribution < -0.4 is 5.73 Å².